The molecular formula is C12H11ClFNO. The number of halogens is 2. The number of nitrogens with one attached hydrogen (secondary N) is 1. The van der Waals surface area contributed by atoms with E-state index in [9.17, 15) is 4.39 Å². The second-order valence-corrected chi connectivity index (χ2v) is 3.88. The topological polar surface area (TPSA) is 25.2 Å². The average Bonchev–Trinajstić information content (AvgIpc) is 2.74. The highest BCUT2D eigenvalue weighted by Crippen LogP contribution is 2.17. The normalized spacial score (nSPS) is 10.6. The minimum absolute atomic E-state index is 0.316. The molecule has 0 spiro atoms. The Kier molecular flexibility index (Phi) is 3.59. The monoisotopic (exact) mass is 239 g/mol. The molecule has 1 aromatic carbocycles. The third-order valence-corrected chi connectivity index (χ3v) is 2.59. The molecule has 4 heteroatoms. The Balaban J connectivity index is 1.90. The Morgan fingerprint density at radius 2 is 2.12 bits per heavy atom. The van der Waals surface area contributed by atoms with Crippen molar-refractivity contribution in [2.75, 3.05) is 0 Å². The number of benzene rings is 1. The quantitative estimate of drug-likeness (QED) is 0.885. The van der Waals surface area contributed by atoms with Crippen molar-refractivity contribution in [2.45, 2.75) is 13.1 Å². The van der Waals surface area contributed by atoms with Crippen LogP contribution in [-0.2, 0) is 13.1 Å². The average molecular weight is 240 g/mol. The first kappa shape index (κ1) is 11.2. The van der Waals surface area contributed by atoms with Crippen LogP contribution in [0.1, 0.15) is 11.1 Å². The van der Waals surface area contributed by atoms with Gasteiger partial charge in [-0.2, -0.15) is 0 Å². The van der Waals surface area contributed by atoms with E-state index in [1.807, 2.05) is 6.07 Å². The fourth-order valence-electron chi connectivity index (χ4n) is 1.40. The number of hydrogen-bond donors (Lipinski definition) is 1. The zero-order valence-electron chi connectivity index (χ0n) is 8.54. The molecule has 0 bridgehead atoms. The van der Waals surface area contributed by atoms with Crippen LogP contribution in [0.25, 0.3) is 0 Å². The van der Waals surface area contributed by atoms with Crippen molar-refractivity contribution < 1.29 is 8.81 Å². The SMILES string of the molecule is Fc1ccc(CNCc2ccoc2)c(Cl)c1. The molecule has 2 aromatic rings. The second-order valence-electron chi connectivity index (χ2n) is 3.47. The van der Waals surface area contributed by atoms with Gasteiger partial charge in [0.05, 0.1) is 12.5 Å². The molecule has 0 aliphatic heterocycles. The summed E-state index contributed by atoms with van der Waals surface area (Å²) in [4.78, 5) is 0. The van der Waals surface area contributed by atoms with Crippen LogP contribution in [0.15, 0.2) is 41.2 Å². The fourth-order valence-corrected chi connectivity index (χ4v) is 1.63. The van der Waals surface area contributed by atoms with Gasteiger partial charge in [0.1, 0.15) is 5.82 Å². The van der Waals surface area contributed by atoms with Gasteiger partial charge in [0, 0.05) is 23.7 Å². The van der Waals surface area contributed by atoms with E-state index in [0.717, 1.165) is 11.1 Å². The molecule has 2 rings (SSSR count). The molecule has 16 heavy (non-hydrogen) atoms. The van der Waals surface area contributed by atoms with Crippen LogP contribution in [0.3, 0.4) is 0 Å². The lowest BCUT2D eigenvalue weighted by Crippen LogP contribution is -2.12. The Labute approximate surface area is 98.0 Å². The fraction of sp³-hybridized carbons (Fsp3) is 0.167. The number of rotatable bonds is 4. The van der Waals surface area contributed by atoms with E-state index in [4.69, 9.17) is 16.0 Å². The van der Waals surface area contributed by atoms with Crippen LogP contribution in [0, 0.1) is 5.82 Å². The molecule has 0 aliphatic rings. The molecule has 2 nitrogen and oxygen atoms in total. The Hall–Kier alpha value is -1.32. The Morgan fingerprint density at radius 3 is 2.81 bits per heavy atom. The van der Waals surface area contributed by atoms with Crippen molar-refractivity contribution in [3.8, 4) is 0 Å². The van der Waals surface area contributed by atoms with Gasteiger partial charge < -0.3 is 9.73 Å². The lowest BCUT2D eigenvalue weighted by atomic mass is 10.2. The minimum Gasteiger partial charge on any atom is -0.472 e. The highest BCUT2D eigenvalue weighted by molar-refractivity contribution is 6.31. The zero-order chi connectivity index (χ0) is 11.4. The summed E-state index contributed by atoms with van der Waals surface area (Å²) in [5.74, 6) is -0.316. The van der Waals surface area contributed by atoms with E-state index < -0.39 is 0 Å². The van der Waals surface area contributed by atoms with Crippen LogP contribution in [0.4, 0.5) is 4.39 Å². The summed E-state index contributed by atoms with van der Waals surface area (Å²) in [6.07, 6.45) is 3.31. The predicted octanol–water partition coefficient (Wildman–Crippen LogP) is 3.36. The lowest BCUT2D eigenvalue weighted by molar-refractivity contribution is 0.560. The first-order chi connectivity index (χ1) is 7.75. The van der Waals surface area contributed by atoms with Crippen LogP contribution < -0.4 is 5.32 Å². The smallest absolute Gasteiger partial charge is 0.124 e. The summed E-state index contributed by atoms with van der Waals surface area (Å²) in [7, 11) is 0. The van der Waals surface area contributed by atoms with E-state index in [-0.39, 0.29) is 5.82 Å². The van der Waals surface area contributed by atoms with E-state index in [2.05, 4.69) is 5.32 Å². The van der Waals surface area contributed by atoms with Crippen molar-refractivity contribution in [1.29, 1.82) is 0 Å². The zero-order valence-corrected chi connectivity index (χ0v) is 9.30. The Morgan fingerprint density at radius 1 is 1.25 bits per heavy atom. The molecule has 0 fully saturated rings. The molecule has 1 N–H and O–H groups in total. The summed E-state index contributed by atoms with van der Waals surface area (Å²) >= 11 is 5.89. The molecule has 0 saturated heterocycles. The van der Waals surface area contributed by atoms with E-state index in [0.29, 0.717) is 18.1 Å². The van der Waals surface area contributed by atoms with Crippen molar-refractivity contribution in [2.24, 2.45) is 0 Å². The summed E-state index contributed by atoms with van der Waals surface area (Å²) in [6, 6.07) is 6.29. The van der Waals surface area contributed by atoms with Gasteiger partial charge in [-0.3, -0.25) is 0 Å². The largest absolute Gasteiger partial charge is 0.472 e. The minimum atomic E-state index is -0.316. The molecule has 0 radical (unpaired) electrons. The molecular weight excluding hydrogens is 229 g/mol. The van der Waals surface area contributed by atoms with Crippen molar-refractivity contribution in [3.05, 3.63) is 58.8 Å². The second kappa shape index (κ2) is 5.14. The maximum absolute atomic E-state index is 12.8. The van der Waals surface area contributed by atoms with Gasteiger partial charge in [-0.1, -0.05) is 17.7 Å². The maximum Gasteiger partial charge on any atom is 0.124 e. The van der Waals surface area contributed by atoms with Gasteiger partial charge in [0.2, 0.25) is 0 Å². The molecule has 84 valence electrons. The van der Waals surface area contributed by atoms with Crippen LogP contribution in [-0.4, -0.2) is 0 Å². The van der Waals surface area contributed by atoms with E-state index in [1.165, 1.54) is 12.1 Å². The van der Waals surface area contributed by atoms with E-state index >= 15 is 0 Å². The standard InChI is InChI=1S/C12H11ClFNO/c13-12-5-11(14)2-1-10(12)7-15-6-9-3-4-16-8-9/h1-5,8,15H,6-7H2. The van der Waals surface area contributed by atoms with Gasteiger partial charge >= 0.3 is 0 Å². The molecule has 0 atom stereocenters. The van der Waals surface area contributed by atoms with Crippen LogP contribution in [0.5, 0.6) is 0 Å². The van der Waals surface area contributed by atoms with Gasteiger partial charge in [0.25, 0.3) is 0 Å². The first-order valence-corrected chi connectivity index (χ1v) is 5.29. The highest BCUT2D eigenvalue weighted by atomic mass is 35.5. The first-order valence-electron chi connectivity index (χ1n) is 4.91. The third kappa shape index (κ3) is 2.84. The molecule has 0 saturated carbocycles. The number of hydrogen-bond acceptors (Lipinski definition) is 2. The maximum atomic E-state index is 12.8. The molecule has 1 heterocycles. The van der Waals surface area contributed by atoms with Crippen LogP contribution in [0.2, 0.25) is 5.02 Å². The summed E-state index contributed by atoms with van der Waals surface area (Å²) in [5.41, 5.74) is 1.95. The summed E-state index contributed by atoms with van der Waals surface area (Å²) < 4.78 is 17.7. The van der Waals surface area contributed by atoms with Gasteiger partial charge in [-0.15, -0.1) is 0 Å². The van der Waals surface area contributed by atoms with Gasteiger partial charge in [0.15, 0.2) is 0 Å². The van der Waals surface area contributed by atoms with Crippen LogP contribution >= 0.6 is 11.6 Å². The van der Waals surface area contributed by atoms with Gasteiger partial charge in [-0.25, -0.2) is 4.39 Å². The molecule has 0 amide bonds. The van der Waals surface area contributed by atoms with Gasteiger partial charge in [-0.05, 0) is 23.8 Å². The molecule has 1 aromatic heterocycles. The predicted molar refractivity (Wildman–Crippen MR) is 60.7 cm³/mol. The lowest BCUT2D eigenvalue weighted by Gasteiger charge is -2.05. The Bertz CT molecular complexity index is 456. The highest BCUT2D eigenvalue weighted by Gasteiger charge is 2.01. The van der Waals surface area contributed by atoms with Crippen molar-refractivity contribution in [3.63, 3.8) is 0 Å². The number of furan rings is 1. The molecule has 0 unspecified atom stereocenters. The summed E-state index contributed by atoms with van der Waals surface area (Å²) in [6.45, 7) is 1.30. The molecule has 0 aliphatic carbocycles. The van der Waals surface area contributed by atoms with E-state index in [1.54, 1.807) is 18.6 Å². The van der Waals surface area contributed by atoms with Crippen molar-refractivity contribution >= 4 is 11.6 Å². The third-order valence-electron chi connectivity index (χ3n) is 2.24. The van der Waals surface area contributed by atoms with Crippen molar-refractivity contribution in [1.82, 2.24) is 5.32 Å². The summed E-state index contributed by atoms with van der Waals surface area (Å²) in [5, 5.41) is 3.64.